The minimum absolute atomic E-state index is 0.302. The first kappa shape index (κ1) is 13.7. The van der Waals surface area contributed by atoms with Crippen LogP contribution in [0.25, 0.3) is 22.3 Å². The first-order valence-electron chi connectivity index (χ1n) is 6.81. The zero-order chi connectivity index (χ0) is 14.8. The summed E-state index contributed by atoms with van der Waals surface area (Å²) in [5, 5.41) is 0.718. The van der Waals surface area contributed by atoms with Gasteiger partial charge in [0.05, 0.1) is 5.69 Å². The fourth-order valence-corrected chi connectivity index (χ4v) is 2.71. The monoisotopic (exact) mass is 291 g/mol. The van der Waals surface area contributed by atoms with Crippen LogP contribution in [-0.4, -0.2) is 0 Å². The number of hydrogen-bond donors (Lipinski definition) is 0. The molecule has 21 heavy (non-hydrogen) atoms. The lowest BCUT2D eigenvalue weighted by Gasteiger charge is -2.13. The smallest absolute Gasteiger partial charge is 0.0938 e. The molecule has 0 heterocycles. The second kappa shape index (κ2) is 5.63. The number of aryl methyl sites for hydroxylation is 1. The highest BCUT2D eigenvalue weighted by atomic mass is 35.5. The van der Waals surface area contributed by atoms with Crippen molar-refractivity contribution in [2.24, 2.45) is 0 Å². The van der Waals surface area contributed by atoms with E-state index in [4.69, 9.17) is 11.6 Å². The molecule has 0 aliphatic rings. The average Bonchev–Trinajstić information content (AvgIpc) is 2.48. The molecular formula is C19H14ClN. The molecule has 0 amide bonds. The molecule has 3 aromatic carbocycles. The van der Waals surface area contributed by atoms with Gasteiger partial charge in [0, 0.05) is 10.6 Å². The molecule has 0 aromatic heterocycles. The van der Waals surface area contributed by atoms with Crippen molar-refractivity contribution in [3.63, 3.8) is 0 Å². The van der Waals surface area contributed by atoms with Gasteiger partial charge >= 0.3 is 0 Å². The van der Waals surface area contributed by atoms with Gasteiger partial charge in [0.1, 0.15) is 0 Å². The Balaban J connectivity index is 2.23. The van der Waals surface area contributed by atoms with E-state index in [9.17, 15) is 5.73 Å². The van der Waals surface area contributed by atoms with Gasteiger partial charge in [-0.25, -0.2) is 0 Å². The first-order valence-corrected chi connectivity index (χ1v) is 7.18. The molecule has 2 radical (unpaired) electrons. The molecule has 0 saturated carbocycles. The molecule has 0 fully saturated rings. The average molecular weight is 292 g/mol. The highest BCUT2D eigenvalue weighted by Gasteiger charge is 2.12. The van der Waals surface area contributed by atoms with Crippen LogP contribution in [0, 0.1) is 6.92 Å². The van der Waals surface area contributed by atoms with Crippen molar-refractivity contribution in [2.45, 2.75) is 6.92 Å². The van der Waals surface area contributed by atoms with E-state index in [-0.39, 0.29) is 0 Å². The lowest BCUT2D eigenvalue weighted by molar-refractivity contribution is 1.40. The van der Waals surface area contributed by atoms with Crippen molar-refractivity contribution in [3.05, 3.63) is 77.3 Å². The molecule has 0 saturated heterocycles. The van der Waals surface area contributed by atoms with Crippen LogP contribution in [0.1, 0.15) is 5.56 Å². The van der Waals surface area contributed by atoms with Gasteiger partial charge in [0.15, 0.2) is 0 Å². The van der Waals surface area contributed by atoms with Gasteiger partial charge in [-0.2, -0.15) is 0 Å². The van der Waals surface area contributed by atoms with Gasteiger partial charge in [-0.05, 0) is 47.4 Å². The van der Waals surface area contributed by atoms with Crippen LogP contribution in [0.3, 0.4) is 0 Å². The molecule has 0 aliphatic carbocycles. The minimum atomic E-state index is 0.302. The maximum atomic E-state index is 10.2. The van der Waals surface area contributed by atoms with E-state index in [1.54, 1.807) is 6.07 Å². The quantitative estimate of drug-likeness (QED) is 0.579. The molecule has 0 atom stereocenters. The molecule has 0 bridgehead atoms. The number of halogens is 1. The zero-order valence-corrected chi connectivity index (χ0v) is 12.4. The van der Waals surface area contributed by atoms with Gasteiger partial charge in [-0.15, -0.1) is 5.73 Å². The van der Waals surface area contributed by atoms with Crippen molar-refractivity contribution in [1.82, 2.24) is 5.73 Å². The number of hydrogen-bond acceptors (Lipinski definition) is 0. The summed E-state index contributed by atoms with van der Waals surface area (Å²) in [7, 11) is 0. The summed E-state index contributed by atoms with van der Waals surface area (Å²) in [6.45, 7) is 2.01. The lowest BCUT2D eigenvalue weighted by atomic mass is 9.91. The Hall–Kier alpha value is -2.25. The third-order valence-corrected chi connectivity index (χ3v) is 3.85. The van der Waals surface area contributed by atoms with E-state index in [0.29, 0.717) is 5.69 Å². The summed E-state index contributed by atoms with van der Waals surface area (Å²) < 4.78 is 0. The van der Waals surface area contributed by atoms with Gasteiger partial charge in [-0.1, -0.05) is 60.1 Å². The number of rotatable bonds is 2. The Morgan fingerprint density at radius 1 is 0.762 bits per heavy atom. The Kier molecular flexibility index (Phi) is 3.68. The van der Waals surface area contributed by atoms with Crippen molar-refractivity contribution in [2.75, 3.05) is 0 Å². The van der Waals surface area contributed by atoms with Crippen molar-refractivity contribution in [1.29, 1.82) is 0 Å². The van der Waals surface area contributed by atoms with Crippen LogP contribution in [0.15, 0.2) is 66.7 Å². The molecule has 102 valence electrons. The van der Waals surface area contributed by atoms with E-state index in [1.165, 1.54) is 0 Å². The lowest BCUT2D eigenvalue weighted by Crippen LogP contribution is -1.89. The largest absolute Gasteiger partial charge is 0.150 e. The highest BCUT2D eigenvalue weighted by Crippen LogP contribution is 2.37. The van der Waals surface area contributed by atoms with Crippen LogP contribution < -0.4 is 5.73 Å². The Labute approximate surface area is 130 Å². The molecular weight excluding hydrogens is 278 g/mol. The summed E-state index contributed by atoms with van der Waals surface area (Å²) in [6.07, 6.45) is 0. The summed E-state index contributed by atoms with van der Waals surface area (Å²) in [5.41, 5.74) is 15.7. The molecule has 3 aromatic rings. The minimum Gasteiger partial charge on any atom is -0.150 e. The maximum absolute atomic E-state index is 10.2. The fraction of sp³-hybridized carbons (Fsp3) is 0.0526. The molecule has 0 aliphatic heterocycles. The molecule has 0 N–H and O–H groups in total. The second-order valence-corrected chi connectivity index (χ2v) is 5.46. The van der Waals surface area contributed by atoms with Crippen molar-refractivity contribution < 1.29 is 0 Å². The molecule has 3 rings (SSSR count). The second-order valence-electron chi connectivity index (χ2n) is 5.02. The van der Waals surface area contributed by atoms with Crippen LogP contribution in [0.2, 0.25) is 5.02 Å². The predicted octanol–water partition coefficient (Wildman–Crippen LogP) is 5.68. The van der Waals surface area contributed by atoms with Crippen molar-refractivity contribution >= 4 is 17.3 Å². The summed E-state index contributed by atoms with van der Waals surface area (Å²) in [5.74, 6) is 0. The summed E-state index contributed by atoms with van der Waals surface area (Å²) in [4.78, 5) is 0. The fourth-order valence-electron chi connectivity index (χ4n) is 2.58. The Morgan fingerprint density at radius 3 is 2.10 bits per heavy atom. The Morgan fingerprint density at radius 2 is 1.43 bits per heavy atom. The van der Waals surface area contributed by atoms with Crippen LogP contribution in [-0.2, 0) is 0 Å². The summed E-state index contributed by atoms with van der Waals surface area (Å²) in [6, 6.07) is 21.4. The van der Waals surface area contributed by atoms with Gasteiger partial charge in [0.2, 0.25) is 0 Å². The maximum Gasteiger partial charge on any atom is 0.0938 e. The third-order valence-electron chi connectivity index (χ3n) is 3.60. The molecule has 0 spiro atoms. The van der Waals surface area contributed by atoms with E-state index in [2.05, 4.69) is 6.07 Å². The van der Waals surface area contributed by atoms with E-state index >= 15 is 0 Å². The van der Waals surface area contributed by atoms with E-state index in [0.717, 1.165) is 32.8 Å². The number of nitrogens with zero attached hydrogens (tertiary/aromatic N) is 1. The zero-order valence-electron chi connectivity index (χ0n) is 11.7. The van der Waals surface area contributed by atoms with Crippen LogP contribution in [0.5, 0.6) is 0 Å². The normalized spacial score (nSPS) is 10.6. The predicted molar refractivity (Wildman–Crippen MR) is 88.9 cm³/mol. The van der Waals surface area contributed by atoms with E-state index < -0.39 is 0 Å². The first-order chi connectivity index (χ1) is 10.2. The van der Waals surface area contributed by atoms with Crippen LogP contribution >= 0.6 is 11.6 Å². The van der Waals surface area contributed by atoms with Gasteiger partial charge < -0.3 is 0 Å². The van der Waals surface area contributed by atoms with Gasteiger partial charge in [-0.3, -0.25) is 0 Å². The molecule has 2 heteroatoms. The summed E-state index contributed by atoms with van der Waals surface area (Å²) >= 11 is 5.97. The topological polar surface area (TPSA) is 22.3 Å². The van der Waals surface area contributed by atoms with E-state index in [1.807, 2.05) is 61.5 Å². The highest BCUT2D eigenvalue weighted by molar-refractivity contribution is 6.30. The SMILES string of the molecule is Cc1cccc([N])c1-c1ccccc1-c1ccc(Cl)cc1. The standard InChI is InChI=1S/C19H14ClN/c1-13-5-4-8-18(21)19(13)17-7-3-2-6-16(17)14-9-11-15(20)12-10-14/h2-12H,1H3. The van der Waals surface area contributed by atoms with Crippen LogP contribution in [0.4, 0.5) is 5.69 Å². The van der Waals surface area contributed by atoms with Gasteiger partial charge in [0.25, 0.3) is 0 Å². The Bertz CT molecular complexity index is 756. The molecule has 0 unspecified atom stereocenters. The van der Waals surface area contributed by atoms with Crippen molar-refractivity contribution in [3.8, 4) is 22.3 Å². The third kappa shape index (κ3) is 2.65. The molecule has 1 nitrogen and oxygen atoms in total. The number of benzene rings is 3.